The van der Waals surface area contributed by atoms with Crippen LogP contribution in [0.3, 0.4) is 0 Å². The third-order valence-corrected chi connectivity index (χ3v) is 1.45. The Hall–Kier alpha value is -0.0800. The smallest absolute Gasteiger partial charge is 0.193 e. The van der Waals surface area contributed by atoms with E-state index in [1.807, 2.05) is 0 Å². The zero-order chi connectivity index (χ0) is 5.28. The molecule has 1 heterocycles. The number of nitrogens with zero attached hydrogens (tertiary/aromatic N) is 1. The van der Waals surface area contributed by atoms with Gasteiger partial charge in [-0.15, -0.1) is 0 Å². The van der Waals surface area contributed by atoms with Gasteiger partial charge in [0.15, 0.2) is 5.84 Å². The van der Waals surface area contributed by atoms with Crippen LogP contribution < -0.4 is 17.3 Å². The highest BCUT2D eigenvalue weighted by Crippen LogP contribution is 1.72. The summed E-state index contributed by atoms with van der Waals surface area (Å²) in [6.07, 6.45) is 0. The van der Waals surface area contributed by atoms with Gasteiger partial charge in [0.2, 0.25) is 0 Å². The summed E-state index contributed by atoms with van der Waals surface area (Å²) >= 11 is 0. The zero-order valence-electron chi connectivity index (χ0n) is 5.24. The van der Waals surface area contributed by atoms with Gasteiger partial charge in [-0.25, -0.2) is 4.99 Å². The van der Waals surface area contributed by atoms with E-state index in [1.54, 1.807) is 0 Å². The van der Waals surface area contributed by atoms with Crippen LogP contribution in [-0.2, 0) is 0 Å². The molecule has 1 rings (SSSR count). The van der Waals surface area contributed by atoms with E-state index in [0.717, 1.165) is 6.54 Å². The second-order valence-corrected chi connectivity index (χ2v) is 2.00. The normalized spacial score (nSPS) is 26.8. The fourth-order valence-corrected chi connectivity index (χ4v) is 0.707. The molecule has 8 heavy (non-hydrogen) atoms. The number of quaternary nitrogens is 1. The van der Waals surface area contributed by atoms with E-state index in [4.69, 9.17) is 0 Å². The van der Waals surface area contributed by atoms with Gasteiger partial charge in [-0.3, -0.25) is 4.90 Å². The molecule has 0 spiro atoms. The maximum Gasteiger partial charge on any atom is 0.193 e. The molecule has 3 heteroatoms. The summed E-state index contributed by atoms with van der Waals surface area (Å²) in [4.78, 5) is 5.66. The molecule has 1 aliphatic heterocycles. The van der Waals surface area contributed by atoms with Crippen molar-refractivity contribution < 1.29 is 17.3 Å². The second-order valence-electron chi connectivity index (χ2n) is 2.00. The van der Waals surface area contributed by atoms with E-state index in [0.29, 0.717) is 0 Å². The Balaban J connectivity index is 0.000000490. The number of hydrogen-bond donors (Lipinski definition) is 1. The highest BCUT2D eigenvalue weighted by atomic mass is 35.5. The third-order valence-electron chi connectivity index (χ3n) is 1.45. The van der Waals surface area contributed by atoms with Crippen molar-refractivity contribution in [3.63, 3.8) is 0 Å². The fraction of sp³-hybridized carbons (Fsp3) is 0.800. The van der Waals surface area contributed by atoms with Crippen LogP contribution in [0.1, 0.15) is 6.92 Å². The first-order valence-corrected chi connectivity index (χ1v) is 2.64. The Labute approximate surface area is 56.0 Å². The lowest BCUT2D eigenvalue weighted by Gasteiger charge is -2.00. The van der Waals surface area contributed by atoms with Gasteiger partial charge >= 0.3 is 0 Å². The number of likely N-dealkylation sites (N-methyl/N-ethyl adjacent to an activating group) is 1. The molecule has 0 amide bonds. The van der Waals surface area contributed by atoms with Gasteiger partial charge in [0.1, 0.15) is 6.54 Å². The minimum Gasteiger partial charge on any atom is -1.00 e. The van der Waals surface area contributed by atoms with E-state index in [1.165, 1.54) is 17.3 Å². The van der Waals surface area contributed by atoms with Crippen molar-refractivity contribution in [1.82, 2.24) is 0 Å². The van der Waals surface area contributed by atoms with Crippen LogP contribution in [0.5, 0.6) is 0 Å². The first-order chi connectivity index (χ1) is 3.30. The molecule has 0 bridgehead atoms. The Morgan fingerprint density at radius 3 is 2.38 bits per heavy atom. The van der Waals surface area contributed by atoms with Crippen LogP contribution in [0, 0.1) is 0 Å². The van der Waals surface area contributed by atoms with E-state index < -0.39 is 0 Å². The van der Waals surface area contributed by atoms with Crippen molar-refractivity contribution in [2.75, 3.05) is 20.1 Å². The fourth-order valence-electron chi connectivity index (χ4n) is 0.707. The summed E-state index contributed by atoms with van der Waals surface area (Å²) in [5, 5.41) is 0. The Morgan fingerprint density at radius 2 is 2.25 bits per heavy atom. The van der Waals surface area contributed by atoms with Gasteiger partial charge in [0.05, 0.1) is 13.6 Å². The standard InChI is InChI=1S/C5H10N2.ClH/c1-5-6-3-4-7(5)2;/h3-4H2,1-2H3;1H. The quantitative estimate of drug-likeness (QED) is 0.347. The topological polar surface area (TPSA) is 16.8 Å². The number of nitrogens with one attached hydrogen (secondary N) is 1. The summed E-state index contributed by atoms with van der Waals surface area (Å²) in [6.45, 7) is 4.28. The lowest BCUT2D eigenvalue weighted by atomic mass is 10.6. The van der Waals surface area contributed by atoms with Gasteiger partial charge in [-0.2, -0.15) is 0 Å². The second kappa shape index (κ2) is 3.05. The average molecular weight is 135 g/mol. The van der Waals surface area contributed by atoms with Gasteiger partial charge in [-0.05, 0) is 0 Å². The molecule has 1 aliphatic rings. The summed E-state index contributed by atoms with van der Waals surface area (Å²) in [5.41, 5.74) is 0. The number of amidine groups is 1. The van der Waals surface area contributed by atoms with Crippen molar-refractivity contribution in [3.8, 4) is 0 Å². The molecule has 1 N–H and O–H groups in total. The number of hydrogen-bond acceptors (Lipinski definition) is 1. The van der Waals surface area contributed by atoms with Crippen LogP contribution in [0.2, 0.25) is 0 Å². The maximum atomic E-state index is 4.20. The predicted molar refractivity (Wildman–Crippen MR) is 29.7 cm³/mol. The highest BCUT2D eigenvalue weighted by Gasteiger charge is 2.10. The molecule has 0 aromatic carbocycles. The molecular formula is C5H11ClN2. The van der Waals surface area contributed by atoms with E-state index in [9.17, 15) is 0 Å². The minimum atomic E-state index is 0. The summed E-state index contributed by atoms with van der Waals surface area (Å²) in [5.74, 6) is 1.25. The SMILES string of the molecule is CC1=NCC[NH+]1C.[Cl-]. The zero-order valence-corrected chi connectivity index (χ0v) is 6.00. The maximum absolute atomic E-state index is 4.20. The Bertz CT molecular complexity index is 101. The Morgan fingerprint density at radius 1 is 1.62 bits per heavy atom. The van der Waals surface area contributed by atoms with Gasteiger partial charge in [0.25, 0.3) is 0 Å². The molecule has 0 fully saturated rings. The van der Waals surface area contributed by atoms with Crippen molar-refractivity contribution in [3.05, 3.63) is 0 Å². The molecule has 0 saturated heterocycles. The van der Waals surface area contributed by atoms with E-state index in [-0.39, 0.29) is 12.4 Å². The first kappa shape index (κ1) is 7.92. The largest absolute Gasteiger partial charge is 1.00 e. The molecule has 0 aliphatic carbocycles. The van der Waals surface area contributed by atoms with Crippen LogP contribution in [0.15, 0.2) is 4.99 Å². The highest BCUT2D eigenvalue weighted by molar-refractivity contribution is 5.71. The predicted octanol–water partition coefficient (Wildman–Crippen LogP) is -4.06. The molecule has 2 nitrogen and oxygen atoms in total. The molecule has 48 valence electrons. The Kier molecular flexibility index (Phi) is 3.02. The van der Waals surface area contributed by atoms with Gasteiger partial charge in [0, 0.05) is 6.92 Å². The van der Waals surface area contributed by atoms with Gasteiger partial charge < -0.3 is 12.4 Å². The van der Waals surface area contributed by atoms with Crippen LogP contribution in [-0.4, -0.2) is 26.0 Å². The van der Waals surface area contributed by atoms with Gasteiger partial charge in [-0.1, -0.05) is 0 Å². The summed E-state index contributed by atoms with van der Waals surface area (Å²) < 4.78 is 0. The molecule has 0 aromatic heterocycles. The van der Waals surface area contributed by atoms with Crippen molar-refractivity contribution >= 4 is 5.84 Å². The first-order valence-electron chi connectivity index (χ1n) is 2.64. The van der Waals surface area contributed by atoms with E-state index >= 15 is 0 Å². The summed E-state index contributed by atoms with van der Waals surface area (Å²) in [6, 6.07) is 0. The van der Waals surface area contributed by atoms with Crippen molar-refractivity contribution in [2.24, 2.45) is 4.99 Å². The number of halogens is 1. The lowest BCUT2D eigenvalue weighted by molar-refractivity contribution is -0.774. The van der Waals surface area contributed by atoms with Crippen LogP contribution in [0.25, 0.3) is 0 Å². The third kappa shape index (κ3) is 1.46. The van der Waals surface area contributed by atoms with Crippen LogP contribution in [0.4, 0.5) is 0 Å². The summed E-state index contributed by atoms with van der Waals surface area (Å²) in [7, 11) is 2.14. The lowest BCUT2D eigenvalue weighted by Crippen LogP contribution is -3.09. The van der Waals surface area contributed by atoms with E-state index in [2.05, 4.69) is 19.0 Å². The van der Waals surface area contributed by atoms with Crippen molar-refractivity contribution in [2.45, 2.75) is 6.92 Å². The molecular weight excluding hydrogens is 124 g/mol. The average Bonchev–Trinajstić information content (AvgIpc) is 1.91. The molecule has 1 atom stereocenters. The monoisotopic (exact) mass is 134 g/mol. The molecule has 0 aromatic rings. The minimum absolute atomic E-state index is 0. The number of rotatable bonds is 0. The molecule has 0 radical (unpaired) electrons. The van der Waals surface area contributed by atoms with Crippen LogP contribution >= 0.6 is 0 Å². The number of aliphatic imine (C=N–C) groups is 1. The van der Waals surface area contributed by atoms with Crippen molar-refractivity contribution in [1.29, 1.82) is 0 Å². The molecule has 1 unspecified atom stereocenters. The molecule has 0 saturated carbocycles.